The average Bonchev–Trinajstić information content (AvgIpc) is 2.45. The molecule has 0 unspecified atom stereocenters. The number of hydrogen-bond acceptors (Lipinski definition) is 4. The molecule has 0 amide bonds. The summed E-state index contributed by atoms with van der Waals surface area (Å²) >= 11 is 0. The van der Waals surface area contributed by atoms with Gasteiger partial charge >= 0.3 is 0 Å². The van der Waals surface area contributed by atoms with Crippen LogP contribution in [0.1, 0.15) is 76.4 Å². The molecule has 0 atom stereocenters. The molecule has 0 saturated carbocycles. The first-order valence-corrected chi connectivity index (χ1v) is 7.83. The van der Waals surface area contributed by atoms with Crippen LogP contribution in [0.15, 0.2) is 6.07 Å². The van der Waals surface area contributed by atoms with E-state index in [2.05, 4.69) is 9.97 Å². The molecule has 23 heavy (non-hydrogen) atoms. The van der Waals surface area contributed by atoms with Crippen molar-refractivity contribution in [1.29, 1.82) is 0 Å². The van der Waals surface area contributed by atoms with Crippen molar-refractivity contribution in [3.8, 4) is 0 Å². The smallest absolute Gasteiger partial charge is 0.258 e. The van der Waals surface area contributed by atoms with E-state index in [1.807, 2.05) is 27.7 Å². The molecule has 0 radical (unpaired) electrons. The molecule has 0 aliphatic heterocycles. The zero-order valence-electron chi connectivity index (χ0n) is 14.3. The van der Waals surface area contributed by atoms with Crippen molar-refractivity contribution in [2.24, 2.45) is 0 Å². The molecule has 1 heterocycles. The average molecular weight is 319 g/mol. The molecule has 6 heteroatoms. The van der Waals surface area contributed by atoms with E-state index in [0.29, 0.717) is 16.9 Å². The molecular weight excluding hydrogens is 297 g/mol. The highest BCUT2D eigenvalue weighted by molar-refractivity contribution is 5.86. The second kappa shape index (κ2) is 6.18. The Kier molecular flexibility index (Phi) is 4.63. The Morgan fingerprint density at radius 2 is 1.65 bits per heavy atom. The fourth-order valence-corrected chi connectivity index (χ4v) is 2.67. The van der Waals surface area contributed by atoms with Crippen LogP contribution in [0.5, 0.6) is 0 Å². The van der Waals surface area contributed by atoms with Gasteiger partial charge in [-0.2, -0.15) is 0 Å². The number of hydrogen-bond donors (Lipinski definition) is 0. The Morgan fingerprint density at radius 3 is 2.09 bits per heavy atom. The second-order valence-electron chi connectivity index (χ2n) is 6.71. The third-order valence-electron chi connectivity index (χ3n) is 3.83. The fourth-order valence-electron chi connectivity index (χ4n) is 2.67. The maximum absolute atomic E-state index is 15.0. The van der Waals surface area contributed by atoms with Gasteiger partial charge in [0.1, 0.15) is 11.3 Å². The molecule has 2 aromatic rings. The molecule has 0 bridgehead atoms. The predicted molar refractivity (Wildman–Crippen MR) is 88.4 cm³/mol. The van der Waals surface area contributed by atoms with Gasteiger partial charge < -0.3 is 0 Å². The minimum absolute atomic E-state index is 0.0157. The van der Waals surface area contributed by atoms with Crippen LogP contribution in [0.3, 0.4) is 0 Å². The van der Waals surface area contributed by atoms with Crippen molar-refractivity contribution in [1.82, 2.24) is 9.97 Å². The summed E-state index contributed by atoms with van der Waals surface area (Å²) in [6, 6.07) is 1.42. The lowest BCUT2D eigenvalue weighted by atomic mass is 9.95. The van der Waals surface area contributed by atoms with Gasteiger partial charge in [-0.1, -0.05) is 41.5 Å². The lowest BCUT2D eigenvalue weighted by Gasteiger charge is -2.16. The second-order valence-corrected chi connectivity index (χ2v) is 6.71. The first-order chi connectivity index (χ1) is 10.6. The number of nitro groups is 1. The van der Waals surface area contributed by atoms with Crippen LogP contribution in [-0.2, 0) is 0 Å². The maximum atomic E-state index is 15.0. The van der Waals surface area contributed by atoms with Gasteiger partial charge in [0.15, 0.2) is 5.82 Å². The summed E-state index contributed by atoms with van der Waals surface area (Å²) in [5, 5.41) is 11.8. The van der Waals surface area contributed by atoms with Gasteiger partial charge in [-0.25, -0.2) is 14.4 Å². The molecule has 0 aliphatic carbocycles. The van der Waals surface area contributed by atoms with E-state index in [4.69, 9.17) is 0 Å². The summed E-state index contributed by atoms with van der Waals surface area (Å²) in [7, 11) is 0. The molecule has 0 aliphatic rings. The van der Waals surface area contributed by atoms with Crippen molar-refractivity contribution in [3.63, 3.8) is 0 Å². The van der Waals surface area contributed by atoms with Gasteiger partial charge in [-0.3, -0.25) is 10.1 Å². The van der Waals surface area contributed by atoms with Gasteiger partial charge in [0.2, 0.25) is 0 Å². The van der Waals surface area contributed by atoms with Crippen LogP contribution in [0.25, 0.3) is 10.9 Å². The zero-order chi connectivity index (χ0) is 17.5. The van der Waals surface area contributed by atoms with E-state index in [9.17, 15) is 10.1 Å². The van der Waals surface area contributed by atoms with E-state index >= 15 is 4.39 Å². The van der Waals surface area contributed by atoms with Crippen LogP contribution >= 0.6 is 0 Å². The molecule has 1 aromatic carbocycles. The predicted octanol–water partition coefficient (Wildman–Crippen LogP) is 5.05. The molecule has 0 spiro atoms. The highest BCUT2D eigenvalue weighted by atomic mass is 19.1. The van der Waals surface area contributed by atoms with Gasteiger partial charge in [0.25, 0.3) is 5.69 Å². The number of halogens is 1. The number of rotatable bonds is 4. The highest BCUT2D eigenvalue weighted by Crippen LogP contribution is 2.36. The molecular formula is C17H22FN3O2. The van der Waals surface area contributed by atoms with E-state index < -0.39 is 10.7 Å². The molecule has 5 nitrogen and oxygen atoms in total. The topological polar surface area (TPSA) is 68.9 Å². The molecule has 2 rings (SSSR count). The lowest BCUT2D eigenvalue weighted by Crippen LogP contribution is -2.09. The monoisotopic (exact) mass is 319 g/mol. The first-order valence-electron chi connectivity index (χ1n) is 7.83. The van der Waals surface area contributed by atoms with Crippen molar-refractivity contribution in [2.45, 2.75) is 59.3 Å². The van der Waals surface area contributed by atoms with Crippen LogP contribution in [0.2, 0.25) is 0 Å². The number of nitrogens with zero attached hydrogens (tertiary/aromatic N) is 3. The summed E-state index contributed by atoms with van der Waals surface area (Å²) < 4.78 is 15.0. The largest absolute Gasteiger partial charge is 0.276 e. The number of nitro benzene ring substituents is 1. The molecule has 1 aromatic heterocycles. The van der Waals surface area contributed by atoms with Crippen molar-refractivity contribution in [2.75, 3.05) is 0 Å². The number of benzene rings is 1. The van der Waals surface area contributed by atoms with Gasteiger partial charge in [0, 0.05) is 17.4 Å². The Hall–Kier alpha value is -2.11. The highest BCUT2D eigenvalue weighted by Gasteiger charge is 2.27. The third-order valence-corrected chi connectivity index (χ3v) is 3.83. The first kappa shape index (κ1) is 17.2. The van der Waals surface area contributed by atoms with E-state index in [-0.39, 0.29) is 34.5 Å². The Morgan fingerprint density at radius 1 is 1.04 bits per heavy atom. The summed E-state index contributed by atoms with van der Waals surface area (Å²) in [5.74, 6) is -0.283. The minimum Gasteiger partial charge on any atom is -0.258 e. The molecule has 0 N–H and O–H groups in total. The van der Waals surface area contributed by atoms with Crippen molar-refractivity contribution in [3.05, 3.63) is 39.1 Å². The minimum atomic E-state index is -0.601. The quantitative estimate of drug-likeness (QED) is 0.584. The van der Waals surface area contributed by atoms with Crippen molar-refractivity contribution < 1.29 is 9.31 Å². The summed E-state index contributed by atoms with van der Waals surface area (Å²) in [5.41, 5.74) is 0.733. The molecule has 0 saturated heterocycles. The number of fused-ring (bicyclic) bond motifs is 1. The summed E-state index contributed by atoms with van der Waals surface area (Å²) in [6.45, 7) is 11.2. The summed E-state index contributed by atoms with van der Waals surface area (Å²) in [4.78, 5) is 19.7. The van der Waals surface area contributed by atoms with Gasteiger partial charge in [-0.05, 0) is 11.8 Å². The van der Waals surface area contributed by atoms with Crippen LogP contribution in [0, 0.1) is 15.9 Å². The normalized spacial score (nSPS) is 11.9. The van der Waals surface area contributed by atoms with Gasteiger partial charge in [-0.15, -0.1) is 0 Å². The zero-order valence-corrected chi connectivity index (χ0v) is 14.3. The van der Waals surface area contributed by atoms with E-state index in [1.165, 1.54) is 6.07 Å². The standard InChI is InChI=1S/C17H22FN3O2/c1-8(2)13-12(21(22)23)7-11-15(9(3)4)19-17(10(5)6)20-16(11)14(13)18/h7-10H,1-6H3. The number of aromatic nitrogens is 2. The SMILES string of the molecule is CC(C)c1nc(C(C)C)c2cc([N+](=O)[O-])c(C(C)C)c(F)c2n1. The van der Waals surface area contributed by atoms with E-state index in [0.717, 1.165) is 0 Å². The Balaban J connectivity index is 2.99. The van der Waals surface area contributed by atoms with Crippen molar-refractivity contribution >= 4 is 16.6 Å². The van der Waals surface area contributed by atoms with Crippen LogP contribution < -0.4 is 0 Å². The fraction of sp³-hybridized carbons (Fsp3) is 0.529. The maximum Gasteiger partial charge on any atom is 0.276 e. The van der Waals surface area contributed by atoms with Crippen LogP contribution in [-0.4, -0.2) is 14.9 Å². The molecule has 124 valence electrons. The Bertz CT molecular complexity index is 770. The lowest BCUT2D eigenvalue weighted by molar-refractivity contribution is -0.385. The third kappa shape index (κ3) is 3.02. The molecule has 0 fully saturated rings. The van der Waals surface area contributed by atoms with Gasteiger partial charge in [0.05, 0.1) is 16.2 Å². The van der Waals surface area contributed by atoms with Crippen LogP contribution in [0.4, 0.5) is 10.1 Å². The Labute approximate surface area is 135 Å². The van der Waals surface area contributed by atoms with E-state index in [1.54, 1.807) is 13.8 Å². The summed E-state index contributed by atoms with van der Waals surface area (Å²) in [6.07, 6.45) is 0.